The Labute approximate surface area is 93.8 Å². The van der Waals surface area contributed by atoms with E-state index in [0.717, 1.165) is 0 Å². The van der Waals surface area contributed by atoms with Crippen LogP contribution in [0.25, 0.3) is 0 Å². The number of anilines is 1. The van der Waals surface area contributed by atoms with Gasteiger partial charge in [-0.15, -0.1) is 0 Å². The van der Waals surface area contributed by atoms with Crippen molar-refractivity contribution in [2.75, 3.05) is 5.73 Å². The van der Waals surface area contributed by atoms with Gasteiger partial charge in [-0.05, 0) is 6.07 Å². The average molecular weight is 275 g/mol. The topological polar surface area (TPSA) is 79.8 Å². The summed E-state index contributed by atoms with van der Waals surface area (Å²) in [6.07, 6.45) is 0.649. The van der Waals surface area contributed by atoms with Crippen molar-refractivity contribution < 1.29 is 4.79 Å². The van der Waals surface area contributed by atoms with Crippen LogP contribution in [0.15, 0.2) is 6.07 Å². The van der Waals surface area contributed by atoms with Crippen molar-refractivity contribution in [1.29, 1.82) is 5.26 Å². The normalized spacial score (nSPS) is 11.8. The number of aldehydes is 1. The number of pyridine rings is 1. The Hall–Kier alpha value is -1.12. The van der Waals surface area contributed by atoms with Gasteiger partial charge in [-0.25, -0.2) is 4.98 Å². The first kappa shape index (κ1) is 11.0. The van der Waals surface area contributed by atoms with E-state index in [9.17, 15) is 4.79 Å². The summed E-state index contributed by atoms with van der Waals surface area (Å²) in [5.74, 6) is 0. The maximum absolute atomic E-state index is 10.5. The zero-order valence-electron chi connectivity index (χ0n) is 6.87. The third-order valence-corrected chi connectivity index (χ3v) is 2.53. The zero-order chi connectivity index (χ0) is 10.7. The fraction of sp³-hybridized carbons (Fsp3) is 0.125. The van der Waals surface area contributed by atoms with E-state index >= 15 is 0 Å². The van der Waals surface area contributed by atoms with Crippen molar-refractivity contribution in [3.8, 4) is 6.07 Å². The summed E-state index contributed by atoms with van der Waals surface area (Å²) in [6, 6.07) is 3.25. The van der Waals surface area contributed by atoms with E-state index in [-0.39, 0.29) is 16.4 Å². The van der Waals surface area contributed by atoms with E-state index < -0.39 is 4.83 Å². The van der Waals surface area contributed by atoms with Crippen molar-refractivity contribution in [3.63, 3.8) is 0 Å². The first-order valence-corrected chi connectivity index (χ1v) is 4.85. The third kappa shape index (κ3) is 2.03. The number of nitriles is 1. The van der Waals surface area contributed by atoms with E-state index in [1.807, 2.05) is 0 Å². The van der Waals surface area contributed by atoms with Gasteiger partial charge >= 0.3 is 0 Å². The molecular weight excluding hydrogens is 269 g/mol. The molecule has 72 valence electrons. The Balaban J connectivity index is 3.31. The predicted octanol–water partition coefficient (Wildman–Crippen LogP) is 1.82. The summed E-state index contributed by atoms with van der Waals surface area (Å²) in [6.45, 7) is 0. The highest BCUT2D eigenvalue weighted by Crippen LogP contribution is 2.27. The van der Waals surface area contributed by atoms with E-state index in [1.54, 1.807) is 6.07 Å². The molecule has 1 aromatic rings. The largest absolute Gasteiger partial charge is 0.395 e. The molecule has 1 atom stereocenters. The van der Waals surface area contributed by atoms with Gasteiger partial charge < -0.3 is 10.5 Å². The van der Waals surface area contributed by atoms with Gasteiger partial charge in [-0.2, -0.15) is 5.26 Å². The minimum Gasteiger partial charge on any atom is -0.395 e. The highest BCUT2D eigenvalue weighted by molar-refractivity contribution is 9.09. The van der Waals surface area contributed by atoms with Gasteiger partial charge in [-0.1, -0.05) is 27.5 Å². The highest BCUT2D eigenvalue weighted by atomic mass is 79.9. The lowest BCUT2D eigenvalue weighted by Gasteiger charge is -2.05. The fourth-order valence-electron chi connectivity index (χ4n) is 0.839. The molecule has 0 aliphatic heterocycles. The molecule has 2 N–H and O–H groups in total. The van der Waals surface area contributed by atoms with Crippen molar-refractivity contribution in [3.05, 3.63) is 22.5 Å². The SMILES string of the molecule is N#Cc1nc(C(Br)C=O)cc(Cl)c1N. The molecule has 1 heterocycles. The van der Waals surface area contributed by atoms with Gasteiger partial charge in [0.25, 0.3) is 0 Å². The van der Waals surface area contributed by atoms with Crippen molar-refractivity contribution in [2.45, 2.75) is 4.83 Å². The lowest BCUT2D eigenvalue weighted by Crippen LogP contribution is -2.01. The Bertz CT molecular complexity index is 416. The monoisotopic (exact) mass is 273 g/mol. The first-order chi connectivity index (χ1) is 6.60. The predicted molar refractivity (Wildman–Crippen MR) is 56.1 cm³/mol. The smallest absolute Gasteiger partial charge is 0.165 e. The summed E-state index contributed by atoms with van der Waals surface area (Å²) in [7, 11) is 0. The molecule has 0 spiro atoms. The lowest BCUT2D eigenvalue weighted by molar-refractivity contribution is -0.107. The first-order valence-electron chi connectivity index (χ1n) is 3.55. The molecule has 1 aromatic heterocycles. The van der Waals surface area contributed by atoms with Crippen LogP contribution >= 0.6 is 27.5 Å². The molecule has 0 saturated carbocycles. The third-order valence-electron chi connectivity index (χ3n) is 1.54. The lowest BCUT2D eigenvalue weighted by atomic mass is 10.2. The molecule has 0 aliphatic carbocycles. The number of rotatable bonds is 2. The Morgan fingerprint density at radius 3 is 2.93 bits per heavy atom. The minimum absolute atomic E-state index is 0.0267. The summed E-state index contributed by atoms with van der Waals surface area (Å²) >= 11 is 8.81. The number of aromatic nitrogens is 1. The van der Waals surface area contributed by atoms with E-state index in [4.69, 9.17) is 22.6 Å². The van der Waals surface area contributed by atoms with Crippen molar-refractivity contribution >= 4 is 39.5 Å². The number of hydrogen-bond acceptors (Lipinski definition) is 4. The second-order valence-corrected chi connectivity index (χ2v) is 3.83. The van der Waals surface area contributed by atoms with Gasteiger partial charge in [0.05, 0.1) is 16.4 Å². The Kier molecular flexibility index (Phi) is 3.44. The molecule has 1 rings (SSSR count). The molecule has 6 heteroatoms. The van der Waals surface area contributed by atoms with Crippen LogP contribution in [0.4, 0.5) is 5.69 Å². The van der Waals surface area contributed by atoms with Gasteiger partial charge in [0, 0.05) is 0 Å². The molecule has 0 bridgehead atoms. The number of halogens is 2. The molecule has 0 fully saturated rings. The molecule has 0 amide bonds. The number of carbonyl (C=O) groups excluding carboxylic acids is 1. The molecule has 14 heavy (non-hydrogen) atoms. The van der Waals surface area contributed by atoms with E-state index in [0.29, 0.717) is 12.0 Å². The number of nitrogens with zero attached hydrogens (tertiary/aromatic N) is 2. The average Bonchev–Trinajstić information content (AvgIpc) is 2.20. The standard InChI is InChI=1S/C8H5BrClN3O/c9-4(3-14)6-1-5(10)8(12)7(2-11)13-6/h1,3-4H,12H2. The number of nitrogen functional groups attached to an aromatic ring is 1. The Morgan fingerprint density at radius 2 is 2.43 bits per heavy atom. The number of alkyl halides is 1. The van der Waals surface area contributed by atoms with Gasteiger partial charge in [0.1, 0.15) is 17.2 Å². The zero-order valence-corrected chi connectivity index (χ0v) is 9.21. The molecule has 0 aromatic carbocycles. The molecule has 0 aliphatic rings. The van der Waals surface area contributed by atoms with Crippen LogP contribution in [0.1, 0.15) is 16.2 Å². The molecule has 0 radical (unpaired) electrons. The van der Waals surface area contributed by atoms with Crippen molar-refractivity contribution in [2.24, 2.45) is 0 Å². The summed E-state index contributed by atoms with van der Waals surface area (Å²) < 4.78 is 0. The fourth-order valence-corrected chi connectivity index (χ4v) is 1.27. The van der Waals surface area contributed by atoms with Crippen LogP contribution in [0.3, 0.4) is 0 Å². The maximum Gasteiger partial charge on any atom is 0.165 e. The second kappa shape index (κ2) is 4.40. The summed E-state index contributed by atoms with van der Waals surface area (Å²) in [5, 5.41) is 8.89. The molecule has 0 saturated heterocycles. The molecular formula is C8H5BrClN3O. The Morgan fingerprint density at radius 1 is 1.79 bits per heavy atom. The van der Waals surface area contributed by atoms with Crippen LogP contribution in [0.5, 0.6) is 0 Å². The van der Waals surface area contributed by atoms with Crippen LogP contribution in [0.2, 0.25) is 5.02 Å². The van der Waals surface area contributed by atoms with Gasteiger partial charge in [0.2, 0.25) is 0 Å². The molecule has 4 nitrogen and oxygen atoms in total. The van der Waals surface area contributed by atoms with Crippen LogP contribution in [0, 0.1) is 11.3 Å². The summed E-state index contributed by atoms with van der Waals surface area (Å²) in [4.78, 5) is 13.8. The van der Waals surface area contributed by atoms with E-state index in [1.165, 1.54) is 6.07 Å². The van der Waals surface area contributed by atoms with Gasteiger partial charge in [0.15, 0.2) is 5.69 Å². The number of hydrogen-bond donors (Lipinski definition) is 1. The van der Waals surface area contributed by atoms with Crippen molar-refractivity contribution in [1.82, 2.24) is 4.98 Å². The summed E-state index contributed by atoms with van der Waals surface area (Å²) in [5.41, 5.74) is 6.01. The number of carbonyl (C=O) groups is 1. The second-order valence-electron chi connectivity index (χ2n) is 2.44. The van der Waals surface area contributed by atoms with E-state index in [2.05, 4.69) is 20.9 Å². The quantitative estimate of drug-likeness (QED) is 0.659. The van der Waals surface area contributed by atoms with Crippen LogP contribution in [-0.2, 0) is 4.79 Å². The minimum atomic E-state index is -0.576. The van der Waals surface area contributed by atoms with Crippen LogP contribution < -0.4 is 5.73 Å². The number of nitrogens with two attached hydrogens (primary N) is 1. The highest BCUT2D eigenvalue weighted by Gasteiger charge is 2.13. The molecule has 1 unspecified atom stereocenters. The maximum atomic E-state index is 10.5. The van der Waals surface area contributed by atoms with Gasteiger partial charge in [-0.3, -0.25) is 0 Å². The van der Waals surface area contributed by atoms with Crippen LogP contribution in [-0.4, -0.2) is 11.3 Å².